The molecule has 0 aliphatic heterocycles. The highest BCUT2D eigenvalue weighted by Gasteiger charge is 2.15. The average Bonchev–Trinajstić information content (AvgIpc) is 2.55. The van der Waals surface area contributed by atoms with Crippen molar-refractivity contribution >= 4 is 5.97 Å². The maximum Gasteiger partial charge on any atom is 0.347 e. The Labute approximate surface area is 106 Å². The molecule has 1 aliphatic carbocycles. The van der Waals surface area contributed by atoms with E-state index in [0.29, 0.717) is 5.76 Å². The largest absolute Gasteiger partial charge is 0.507 e. The number of carbonyl (C=O) groups excluding carboxylic acids is 1. The average molecular weight is 242 g/mol. The summed E-state index contributed by atoms with van der Waals surface area (Å²) in [7, 11) is 0. The van der Waals surface area contributed by atoms with Gasteiger partial charge in [-0.2, -0.15) is 0 Å². The molecule has 0 radical (unpaired) electrons. The molecular formula is C15H14O3. The van der Waals surface area contributed by atoms with Crippen molar-refractivity contribution in [1.29, 1.82) is 0 Å². The van der Waals surface area contributed by atoms with Crippen LogP contribution < -0.4 is 0 Å². The Morgan fingerprint density at radius 1 is 1.33 bits per heavy atom. The van der Waals surface area contributed by atoms with Gasteiger partial charge >= 0.3 is 5.97 Å². The Morgan fingerprint density at radius 2 is 2.11 bits per heavy atom. The topological polar surface area (TPSA) is 46.5 Å². The fourth-order valence-corrected chi connectivity index (χ4v) is 1.63. The predicted molar refractivity (Wildman–Crippen MR) is 69.1 cm³/mol. The van der Waals surface area contributed by atoms with Crippen molar-refractivity contribution in [2.75, 3.05) is 0 Å². The molecule has 0 atom stereocenters. The number of phenols is 1. The molecule has 0 saturated heterocycles. The maximum atomic E-state index is 11.9. The van der Waals surface area contributed by atoms with Gasteiger partial charge in [0.05, 0.1) is 0 Å². The molecule has 92 valence electrons. The highest BCUT2D eigenvalue weighted by molar-refractivity contribution is 5.93. The molecule has 1 aromatic rings. The fraction of sp³-hybridized carbons (Fsp3) is 0.133. The van der Waals surface area contributed by atoms with E-state index < -0.39 is 5.97 Å². The van der Waals surface area contributed by atoms with Gasteiger partial charge in [0.2, 0.25) is 0 Å². The van der Waals surface area contributed by atoms with E-state index in [1.807, 2.05) is 25.2 Å². The van der Waals surface area contributed by atoms with Gasteiger partial charge < -0.3 is 9.84 Å². The van der Waals surface area contributed by atoms with E-state index in [4.69, 9.17) is 4.74 Å². The number of para-hydroxylation sites is 1. The van der Waals surface area contributed by atoms with Gasteiger partial charge in [0, 0.05) is 0 Å². The van der Waals surface area contributed by atoms with Crippen molar-refractivity contribution in [3.05, 3.63) is 65.5 Å². The highest BCUT2D eigenvalue weighted by atomic mass is 16.5. The molecule has 1 N–H and O–H groups in total. The van der Waals surface area contributed by atoms with E-state index in [9.17, 15) is 9.90 Å². The molecule has 0 heterocycles. The number of rotatable bonds is 2. The second kappa shape index (κ2) is 5.36. The van der Waals surface area contributed by atoms with Crippen LogP contribution >= 0.6 is 0 Å². The number of hydrogen-bond donors (Lipinski definition) is 1. The monoisotopic (exact) mass is 242 g/mol. The van der Waals surface area contributed by atoms with Crippen LogP contribution in [0.15, 0.2) is 59.9 Å². The van der Waals surface area contributed by atoms with E-state index in [1.54, 1.807) is 18.2 Å². The fourth-order valence-electron chi connectivity index (χ4n) is 1.63. The minimum absolute atomic E-state index is 0.0751. The Kier molecular flexibility index (Phi) is 3.63. The first-order valence-electron chi connectivity index (χ1n) is 5.72. The lowest BCUT2D eigenvalue weighted by Gasteiger charge is -2.09. The molecule has 18 heavy (non-hydrogen) atoms. The maximum absolute atomic E-state index is 11.9. The third kappa shape index (κ3) is 2.69. The SMILES string of the molecule is CC1=CCC=CC=C1OC(=O)c1ccccc1O. The normalized spacial score (nSPS) is 14.5. The van der Waals surface area contributed by atoms with Crippen LogP contribution in [0.1, 0.15) is 23.7 Å². The van der Waals surface area contributed by atoms with E-state index in [1.165, 1.54) is 12.1 Å². The Bertz CT molecular complexity index is 551. The van der Waals surface area contributed by atoms with Crippen LogP contribution in [0.2, 0.25) is 0 Å². The summed E-state index contributed by atoms with van der Waals surface area (Å²) in [5, 5.41) is 9.58. The molecule has 1 aromatic carbocycles. The van der Waals surface area contributed by atoms with Gasteiger partial charge in [-0.25, -0.2) is 4.79 Å². The molecule has 1 aliphatic rings. The predicted octanol–water partition coefficient (Wildman–Crippen LogP) is 3.34. The number of phenolic OH excluding ortho intramolecular Hbond substituents is 1. The Balaban J connectivity index is 2.20. The number of allylic oxidation sites excluding steroid dienone is 5. The van der Waals surface area contributed by atoms with Gasteiger partial charge in [-0.3, -0.25) is 0 Å². The van der Waals surface area contributed by atoms with Gasteiger partial charge in [0.25, 0.3) is 0 Å². The summed E-state index contributed by atoms with van der Waals surface area (Å²) in [6, 6.07) is 6.33. The van der Waals surface area contributed by atoms with Crippen molar-refractivity contribution in [2.24, 2.45) is 0 Å². The van der Waals surface area contributed by atoms with Gasteiger partial charge in [0.15, 0.2) is 0 Å². The van der Waals surface area contributed by atoms with Crippen molar-refractivity contribution in [1.82, 2.24) is 0 Å². The number of carbonyl (C=O) groups is 1. The molecule has 0 aromatic heterocycles. The lowest BCUT2D eigenvalue weighted by Crippen LogP contribution is -2.06. The van der Waals surface area contributed by atoms with Gasteiger partial charge in [-0.05, 0) is 37.1 Å². The van der Waals surface area contributed by atoms with Crippen LogP contribution in [-0.4, -0.2) is 11.1 Å². The lowest BCUT2D eigenvalue weighted by atomic mass is 10.2. The zero-order valence-electron chi connectivity index (χ0n) is 10.1. The molecule has 0 fully saturated rings. The molecule has 3 heteroatoms. The standard InChI is InChI=1S/C15H14O3/c1-11-7-3-2-4-10-14(11)18-15(17)12-8-5-6-9-13(12)16/h2,4-10,16H,3H2,1H3. The summed E-state index contributed by atoms with van der Waals surface area (Å²) in [6.07, 6.45) is 8.37. The summed E-state index contributed by atoms with van der Waals surface area (Å²) in [6.45, 7) is 1.89. The first-order chi connectivity index (χ1) is 8.68. The smallest absolute Gasteiger partial charge is 0.347 e. The van der Waals surface area contributed by atoms with E-state index in [2.05, 4.69) is 0 Å². The van der Waals surface area contributed by atoms with Crippen molar-refractivity contribution in [2.45, 2.75) is 13.3 Å². The molecule has 0 spiro atoms. The Hall–Kier alpha value is -2.29. The second-order valence-corrected chi connectivity index (χ2v) is 3.99. The minimum atomic E-state index is -0.553. The van der Waals surface area contributed by atoms with Crippen LogP contribution in [0.25, 0.3) is 0 Å². The Morgan fingerprint density at radius 3 is 2.89 bits per heavy atom. The summed E-state index contributed by atoms with van der Waals surface area (Å²) >= 11 is 0. The first kappa shape index (κ1) is 12.2. The van der Waals surface area contributed by atoms with Gasteiger partial charge in [-0.15, -0.1) is 0 Å². The summed E-state index contributed by atoms with van der Waals surface area (Å²) in [5.74, 6) is -0.117. The molecule has 2 rings (SSSR count). The minimum Gasteiger partial charge on any atom is -0.507 e. The van der Waals surface area contributed by atoms with Crippen LogP contribution in [0.5, 0.6) is 5.75 Å². The number of hydrogen-bond acceptors (Lipinski definition) is 3. The summed E-state index contributed by atoms with van der Waals surface area (Å²) < 4.78 is 5.29. The van der Waals surface area contributed by atoms with Crippen LogP contribution in [0.3, 0.4) is 0 Å². The summed E-state index contributed by atoms with van der Waals surface area (Å²) in [4.78, 5) is 11.9. The van der Waals surface area contributed by atoms with E-state index >= 15 is 0 Å². The molecular weight excluding hydrogens is 228 g/mol. The third-order valence-corrected chi connectivity index (χ3v) is 2.66. The molecule has 3 nitrogen and oxygen atoms in total. The number of ether oxygens (including phenoxy) is 1. The zero-order valence-corrected chi connectivity index (χ0v) is 10.1. The van der Waals surface area contributed by atoms with Crippen molar-refractivity contribution < 1.29 is 14.6 Å². The van der Waals surface area contributed by atoms with Crippen LogP contribution in [0.4, 0.5) is 0 Å². The lowest BCUT2D eigenvalue weighted by molar-refractivity contribution is 0.0629. The molecule has 0 unspecified atom stereocenters. The second-order valence-electron chi connectivity index (χ2n) is 3.99. The zero-order chi connectivity index (χ0) is 13.0. The number of benzene rings is 1. The van der Waals surface area contributed by atoms with Crippen LogP contribution in [-0.2, 0) is 4.74 Å². The first-order valence-corrected chi connectivity index (χ1v) is 5.72. The molecule has 0 saturated carbocycles. The summed E-state index contributed by atoms with van der Waals surface area (Å²) in [5.41, 5.74) is 1.07. The van der Waals surface area contributed by atoms with Gasteiger partial charge in [0.1, 0.15) is 17.1 Å². The van der Waals surface area contributed by atoms with E-state index in [0.717, 1.165) is 12.0 Å². The molecule has 0 bridgehead atoms. The third-order valence-electron chi connectivity index (χ3n) is 2.66. The van der Waals surface area contributed by atoms with Crippen molar-refractivity contribution in [3.63, 3.8) is 0 Å². The number of esters is 1. The number of aromatic hydroxyl groups is 1. The van der Waals surface area contributed by atoms with Gasteiger partial charge in [-0.1, -0.05) is 30.4 Å². The van der Waals surface area contributed by atoms with E-state index in [-0.39, 0.29) is 11.3 Å². The van der Waals surface area contributed by atoms with Crippen LogP contribution in [0, 0.1) is 0 Å². The molecule has 0 amide bonds. The van der Waals surface area contributed by atoms with Crippen molar-refractivity contribution in [3.8, 4) is 5.75 Å². The highest BCUT2D eigenvalue weighted by Crippen LogP contribution is 2.21. The quantitative estimate of drug-likeness (QED) is 0.809.